The molecule has 8 nitrogen and oxygen atoms in total. The minimum absolute atomic E-state index is 0. The van der Waals surface area contributed by atoms with Crippen LogP contribution in [0.5, 0.6) is 0 Å². The SMILES string of the molecule is CNc1nc(-c2ccc(COC)cc2)nc2cc(NC(=O)c3cc(CNC(=O)C(C)(C)C)ccc3Cl)ccc12.Cl. The van der Waals surface area contributed by atoms with Crippen molar-refractivity contribution in [2.75, 3.05) is 24.8 Å². The molecule has 0 atom stereocenters. The number of nitrogens with zero attached hydrogens (tertiary/aromatic N) is 2. The summed E-state index contributed by atoms with van der Waals surface area (Å²) in [5.74, 6) is 0.808. The Balaban J connectivity index is 0.00000441. The number of hydrogen-bond acceptors (Lipinski definition) is 6. The Morgan fingerprint density at radius 1 is 0.950 bits per heavy atom. The summed E-state index contributed by atoms with van der Waals surface area (Å²) in [4.78, 5) is 34.9. The Hall–Kier alpha value is -3.72. The summed E-state index contributed by atoms with van der Waals surface area (Å²) in [6.07, 6.45) is 0. The third-order valence-electron chi connectivity index (χ3n) is 6.12. The number of carbonyl (C=O) groups excluding carboxylic acids is 2. The van der Waals surface area contributed by atoms with Gasteiger partial charge in [0.05, 0.1) is 22.7 Å². The number of halogens is 2. The van der Waals surface area contributed by atoms with Crippen LogP contribution in [0.2, 0.25) is 5.02 Å². The second-order valence-corrected chi connectivity index (χ2v) is 10.6. The molecule has 0 saturated heterocycles. The van der Waals surface area contributed by atoms with Gasteiger partial charge in [-0.3, -0.25) is 9.59 Å². The monoisotopic (exact) mass is 581 g/mol. The zero-order valence-corrected chi connectivity index (χ0v) is 24.7. The van der Waals surface area contributed by atoms with Crippen LogP contribution in [-0.2, 0) is 22.7 Å². The van der Waals surface area contributed by atoms with Crippen molar-refractivity contribution in [1.82, 2.24) is 15.3 Å². The van der Waals surface area contributed by atoms with Crippen LogP contribution >= 0.6 is 24.0 Å². The summed E-state index contributed by atoms with van der Waals surface area (Å²) in [7, 11) is 3.47. The Kier molecular flexibility index (Phi) is 10.1. The van der Waals surface area contributed by atoms with E-state index in [9.17, 15) is 9.59 Å². The normalized spacial score (nSPS) is 11.1. The van der Waals surface area contributed by atoms with E-state index in [0.717, 1.165) is 22.1 Å². The molecule has 0 radical (unpaired) electrons. The third-order valence-corrected chi connectivity index (χ3v) is 6.45. The number of carbonyl (C=O) groups is 2. The average Bonchev–Trinajstić information content (AvgIpc) is 2.91. The Morgan fingerprint density at radius 3 is 2.30 bits per heavy atom. The van der Waals surface area contributed by atoms with E-state index in [0.29, 0.717) is 46.6 Å². The molecule has 3 N–H and O–H groups in total. The molecule has 4 aromatic rings. The van der Waals surface area contributed by atoms with Gasteiger partial charge in [-0.05, 0) is 41.5 Å². The van der Waals surface area contributed by atoms with Crippen molar-refractivity contribution in [2.24, 2.45) is 5.41 Å². The second-order valence-electron chi connectivity index (χ2n) is 10.2. The van der Waals surface area contributed by atoms with Crippen LogP contribution in [-0.4, -0.2) is 35.9 Å². The second kappa shape index (κ2) is 13.1. The molecule has 0 bridgehead atoms. The van der Waals surface area contributed by atoms with Crippen molar-refractivity contribution in [1.29, 1.82) is 0 Å². The minimum atomic E-state index is -0.507. The van der Waals surface area contributed by atoms with Gasteiger partial charge in [0.2, 0.25) is 5.91 Å². The molecule has 0 spiro atoms. The summed E-state index contributed by atoms with van der Waals surface area (Å²) in [5, 5.41) is 10.1. The van der Waals surface area contributed by atoms with Gasteiger partial charge in [-0.2, -0.15) is 0 Å². The van der Waals surface area contributed by atoms with Gasteiger partial charge < -0.3 is 20.7 Å². The minimum Gasteiger partial charge on any atom is -0.380 e. The summed E-state index contributed by atoms with van der Waals surface area (Å²) in [6.45, 7) is 6.36. The lowest BCUT2D eigenvalue weighted by Crippen LogP contribution is -2.34. The van der Waals surface area contributed by atoms with Crippen molar-refractivity contribution in [3.05, 3.63) is 82.4 Å². The lowest BCUT2D eigenvalue weighted by Gasteiger charge is -2.18. The van der Waals surface area contributed by atoms with E-state index in [1.807, 2.05) is 58.2 Å². The van der Waals surface area contributed by atoms with Crippen molar-refractivity contribution >= 4 is 58.2 Å². The first-order valence-electron chi connectivity index (χ1n) is 12.5. The molecule has 0 aliphatic rings. The first-order chi connectivity index (χ1) is 18.6. The van der Waals surface area contributed by atoms with Gasteiger partial charge in [0.1, 0.15) is 5.82 Å². The van der Waals surface area contributed by atoms with E-state index >= 15 is 0 Å². The number of rotatable bonds is 8. The number of amides is 2. The number of ether oxygens (including phenoxy) is 1. The summed E-state index contributed by atoms with van der Waals surface area (Å²) in [5.41, 5.74) is 3.74. The Morgan fingerprint density at radius 2 is 1.65 bits per heavy atom. The van der Waals surface area contributed by atoms with E-state index in [1.165, 1.54) is 0 Å². The molecule has 0 saturated carbocycles. The van der Waals surface area contributed by atoms with Crippen LogP contribution in [0.25, 0.3) is 22.3 Å². The van der Waals surface area contributed by atoms with Gasteiger partial charge in [0, 0.05) is 42.8 Å². The molecule has 40 heavy (non-hydrogen) atoms. The summed E-state index contributed by atoms with van der Waals surface area (Å²) < 4.78 is 5.19. The number of methoxy groups -OCH3 is 1. The maximum Gasteiger partial charge on any atom is 0.257 e. The molecule has 0 aliphatic carbocycles. The number of fused-ring (bicyclic) bond motifs is 1. The molecule has 0 unspecified atom stereocenters. The van der Waals surface area contributed by atoms with E-state index in [4.69, 9.17) is 21.3 Å². The fraction of sp³-hybridized carbons (Fsp3) is 0.267. The first kappa shape index (κ1) is 30.8. The quantitative estimate of drug-likeness (QED) is 0.220. The van der Waals surface area contributed by atoms with E-state index < -0.39 is 5.41 Å². The molecule has 4 rings (SSSR count). The zero-order valence-electron chi connectivity index (χ0n) is 23.1. The van der Waals surface area contributed by atoms with E-state index in [2.05, 4.69) is 20.9 Å². The topological polar surface area (TPSA) is 105 Å². The van der Waals surface area contributed by atoms with Crippen molar-refractivity contribution in [3.63, 3.8) is 0 Å². The number of hydrogen-bond donors (Lipinski definition) is 3. The van der Waals surface area contributed by atoms with Gasteiger partial charge in [-0.15, -0.1) is 12.4 Å². The molecule has 10 heteroatoms. The van der Waals surface area contributed by atoms with Crippen molar-refractivity contribution in [2.45, 2.75) is 33.9 Å². The fourth-order valence-electron chi connectivity index (χ4n) is 3.95. The molecule has 2 amide bonds. The van der Waals surface area contributed by atoms with Crippen LogP contribution in [0.3, 0.4) is 0 Å². The van der Waals surface area contributed by atoms with Crippen LogP contribution < -0.4 is 16.0 Å². The van der Waals surface area contributed by atoms with E-state index in [-0.39, 0.29) is 24.2 Å². The molecule has 1 heterocycles. The highest BCUT2D eigenvalue weighted by Gasteiger charge is 2.21. The van der Waals surface area contributed by atoms with Gasteiger partial charge in [-0.1, -0.05) is 62.7 Å². The lowest BCUT2D eigenvalue weighted by molar-refractivity contribution is -0.128. The molecule has 1 aromatic heterocycles. The number of nitrogens with one attached hydrogen (secondary N) is 3. The van der Waals surface area contributed by atoms with Crippen LogP contribution in [0.4, 0.5) is 11.5 Å². The van der Waals surface area contributed by atoms with Crippen molar-refractivity contribution < 1.29 is 14.3 Å². The first-order valence-corrected chi connectivity index (χ1v) is 12.9. The molecular weight excluding hydrogens is 549 g/mol. The Bertz CT molecular complexity index is 1520. The smallest absolute Gasteiger partial charge is 0.257 e. The number of anilines is 2. The molecule has 210 valence electrons. The number of benzene rings is 3. The van der Waals surface area contributed by atoms with Crippen molar-refractivity contribution in [3.8, 4) is 11.4 Å². The largest absolute Gasteiger partial charge is 0.380 e. The summed E-state index contributed by atoms with van der Waals surface area (Å²) >= 11 is 6.36. The fourth-order valence-corrected chi connectivity index (χ4v) is 4.15. The van der Waals surface area contributed by atoms with E-state index in [1.54, 1.807) is 37.4 Å². The predicted molar refractivity (Wildman–Crippen MR) is 163 cm³/mol. The maximum atomic E-state index is 13.2. The maximum absolute atomic E-state index is 13.2. The van der Waals surface area contributed by atoms with Crippen LogP contribution in [0.15, 0.2) is 60.7 Å². The third kappa shape index (κ3) is 7.27. The highest BCUT2D eigenvalue weighted by molar-refractivity contribution is 6.34. The summed E-state index contributed by atoms with van der Waals surface area (Å²) in [6, 6.07) is 18.5. The highest BCUT2D eigenvalue weighted by atomic mass is 35.5. The van der Waals surface area contributed by atoms with Crippen LogP contribution in [0, 0.1) is 5.41 Å². The molecular formula is C30H33Cl2N5O3. The van der Waals surface area contributed by atoms with Crippen LogP contribution in [0.1, 0.15) is 42.3 Å². The molecule has 3 aromatic carbocycles. The molecule has 0 fully saturated rings. The van der Waals surface area contributed by atoms with Gasteiger partial charge >= 0.3 is 0 Å². The Labute approximate surface area is 245 Å². The standard InChI is InChI=1S/C30H32ClN5O3.ClH/c1-30(2,3)29(38)33-16-19-8-13-24(31)23(14-19)28(37)34-21-11-12-22-25(15-21)35-26(36-27(22)32-4)20-9-6-18(7-10-20)17-39-5;/h6-15H,16-17H2,1-5H3,(H,33,38)(H,34,37)(H,32,35,36);1H. The van der Waals surface area contributed by atoms with Gasteiger partial charge in [-0.25, -0.2) is 9.97 Å². The average molecular weight is 583 g/mol. The zero-order chi connectivity index (χ0) is 28.2. The molecule has 0 aliphatic heterocycles. The highest BCUT2D eigenvalue weighted by Crippen LogP contribution is 2.28. The van der Waals surface area contributed by atoms with Gasteiger partial charge in [0.25, 0.3) is 5.91 Å². The predicted octanol–water partition coefficient (Wildman–Crippen LogP) is 6.47. The number of aromatic nitrogens is 2. The lowest BCUT2D eigenvalue weighted by atomic mass is 9.95. The van der Waals surface area contributed by atoms with Gasteiger partial charge in [0.15, 0.2) is 5.82 Å².